The van der Waals surface area contributed by atoms with E-state index >= 15 is 0 Å². The first-order valence-electron chi connectivity index (χ1n) is 7.70. The summed E-state index contributed by atoms with van der Waals surface area (Å²) >= 11 is 0. The molecular formula is C17H20N2O6S. The summed E-state index contributed by atoms with van der Waals surface area (Å²) in [6.45, 7) is 0.0858. The molecule has 0 amide bonds. The molecule has 0 heterocycles. The number of carbonyl (C=O) groups is 1. The second-order valence-electron chi connectivity index (χ2n) is 5.78. The molecular weight excluding hydrogens is 360 g/mol. The van der Waals surface area contributed by atoms with E-state index in [0.29, 0.717) is 5.56 Å². The van der Waals surface area contributed by atoms with Gasteiger partial charge in [0.1, 0.15) is 6.04 Å². The molecule has 0 aliphatic heterocycles. The molecule has 2 aromatic carbocycles. The van der Waals surface area contributed by atoms with Gasteiger partial charge in [0.2, 0.25) is 0 Å². The third-order valence-corrected chi connectivity index (χ3v) is 5.26. The number of aliphatic carboxylic acids is 1. The number of hydrogen-bond donors (Lipinski definition) is 4. The Morgan fingerprint density at radius 3 is 2.31 bits per heavy atom. The number of hydrogen-bond acceptors (Lipinski definition) is 5. The SMILES string of the molecule is CN(Cc1ccccc1)S(=O)(=O)NC(Cc1ccc(O)c(O)c1)C(=O)O. The minimum atomic E-state index is -4.05. The van der Waals surface area contributed by atoms with Crippen molar-refractivity contribution >= 4 is 16.2 Å². The molecule has 2 aromatic rings. The van der Waals surface area contributed by atoms with Crippen LogP contribution in [0, 0.1) is 0 Å². The summed E-state index contributed by atoms with van der Waals surface area (Å²) in [4.78, 5) is 11.5. The Hall–Kier alpha value is -2.62. The molecule has 9 heteroatoms. The van der Waals surface area contributed by atoms with Gasteiger partial charge < -0.3 is 15.3 Å². The lowest BCUT2D eigenvalue weighted by Gasteiger charge is -2.21. The van der Waals surface area contributed by atoms with Crippen molar-refractivity contribution in [1.29, 1.82) is 0 Å². The topological polar surface area (TPSA) is 127 Å². The first-order chi connectivity index (χ1) is 12.2. The van der Waals surface area contributed by atoms with E-state index in [1.165, 1.54) is 25.2 Å². The van der Waals surface area contributed by atoms with Crippen LogP contribution in [0.15, 0.2) is 48.5 Å². The van der Waals surface area contributed by atoms with Crippen LogP contribution in [0.2, 0.25) is 0 Å². The largest absolute Gasteiger partial charge is 0.504 e. The Morgan fingerprint density at radius 1 is 1.08 bits per heavy atom. The van der Waals surface area contributed by atoms with Crippen molar-refractivity contribution < 1.29 is 28.5 Å². The Labute approximate surface area is 151 Å². The number of nitrogens with one attached hydrogen (secondary N) is 1. The quantitative estimate of drug-likeness (QED) is 0.507. The van der Waals surface area contributed by atoms with Crippen molar-refractivity contribution in [3.8, 4) is 11.5 Å². The molecule has 26 heavy (non-hydrogen) atoms. The molecule has 0 radical (unpaired) electrons. The zero-order chi connectivity index (χ0) is 19.3. The van der Waals surface area contributed by atoms with Crippen molar-refractivity contribution in [1.82, 2.24) is 9.03 Å². The van der Waals surface area contributed by atoms with Gasteiger partial charge in [-0.15, -0.1) is 0 Å². The first-order valence-corrected chi connectivity index (χ1v) is 9.14. The van der Waals surface area contributed by atoms with Crippen LogP contribution < -0.4 is 4.72 Å². The first kappa shape index (κ1) is 19.7. The average molecular weight is 380 g/mol. The molecule has 0 aliphatic rings. The Bertz CT molecular complexity index is 870. The lowest BCUT2D eigenvalue weighted by atomic mass is 10.1. The highest BCUT2D eigenvalue weighted by atomic mass is 32.2. The van der Waals surface area contributed by atoms with Crippen LogP contribution in [0.25, 0.3) is 0 Å². The molecule has 0 spiro atoms. The van der Waals surface area contributed by atoms with Crippen molar-refractivity contribution in [2.75, 3.05) is 7.05 Å². The lowest BCUT2D eigenvalue weighted by molar-refractivity contribution is -0.138. The molecule has 0 fully saturated rings. The zero-order valence-corrected chi connectivity index (χ0v) is 14.8. The van der Waals surface area contributed by atoms with Crippen molar-refractivity contribution in [3.05, 3.63) is 59.7 Å². The Kier molecular flexibility index (Phi) is 6.19. The maximum absolute atomic E-state index is 12.4. The van der Waals surface area contributed by atoms with E-state index in [4.69, 9.17) is 0 Å². The van der Waals surface area contributed by atoms with Gasteiger partial charge in [0.05, 0.1) is 0 Å². The third-order valence-electron chi connectivity index (χ3n) is 3.73. The summed E-state index contributed by atoms with van der Waals surface area (Å²) in [7, 11) is -2.70. The van der Waals surface area contributed by atoms with Gasteiger partial charge in [0, 0.05) is 13.6 Å². The van der Waals surface area contributed by atoms with Crippen molar-refractivity contribution in [3.63, 3.8) is 0 Å². The molecule has 1 unspecified atom stereocenters. The van der Waals surface area contributed by atoms with Crippen LogP contribution >= 0.6 is 0 Å². The number of phenolic OH excluding ortho intramolecular Hbond substituents is 2. The minimum Gasteiger partial charge on any atom is -0.504 e. The van der Waals surface area contributed by atoms with Gasteiger partial charge in [-0.3, -0.25) is 4.79 Å². The van der Waals surface area contributed by atoms with E-state index in [1.54, 1.807) is 24.3 Å². The van der Waals surface area contributed by atoms with Crippen LogP contribution in [0.5, 0.6) is 11.5 Å². The fraction of sp³-hybridized carbons (Fsp3) is 0.235. The summed E-state index contributed by atoms with van der Waals surface area (Å²) in [6.07, 6.45) is -0.193. The van der Waals surface area contributed by atoms with E-state index in [2.05, 4.69) is 4.72 Å². The van der Waals surface area contributed by atoms with Gasteiger partial charge in [0.15, 0.2) is 11.5 Å². The van der Waals surface area contributed by atoms with Crippen molar-refractivity contribution in [2.45, 2.75) is 19.0 Å². The van der Waals surface area contributed by atoms with Crippen LogP contribution in [-0.4, -0.2) is 47.1 Å². The van der Waals surface area contributed by atoms with Gasteiger partial charge in [-0.05, 0) is 29.7 Å². The number of benzene rings is 2. The fourth-order valence-corrected chi connectivity index (χ4v) is 3.35. The number of nitrogens with zero attached hydrogens (tertiary/aromatic N) is 1. The summed E-state index contributed by atoms with van der Waals surface area (Å²) < 4.78 is 28.0. The van der Waals surface area contributed by atoms with Crippen LogP contribution in [0.3, 0.4) is 0 Å². The number of rotatable bonds is 8. The van der Waals surface area contributed by atoms with Crippen LogP contribution in [0.1, 0.15) is 11.1 Å². The smallest absolute Gasteiger partial charge is 0.322 e. The van der Waals surface area contributed by atoms with Gasteiger partial charge in [-0.25, -0.2) is 0 Å². The maximum Gasteiger partial charge on any atom is 0.322 e. The molecule has 0 saturated heterocycles. The van der Waals surface area contributed by atoms with Crippen LogP contribution in [0.4, 0.5) is 0 Å². The average Bonchev–Trinajstić information content (AvgIpc) is 2.58. The second-order valence-corrected chi connectivity index (χ2v) is 7.59. The highest BCUT2D eigenvalue weighted by molar-refractivity contribution is 7.87. The summed E-state index contributed by atoms with van der Waals surface area (Å²) in [5.74, 6) is -2.10. The summed E-state index contributed by atoms with van der Waals surface area (Å²) in [6, 6.07) is 11.3. The normalized spacial score (nSPS) is 12.8. The molecule has 2 rings (SSSR count). The van der Waals surface area contributed by atoms with Gasteiger partial charge >= 0.3 is 5.97 Å². The summed E-state index contributed by atoms with van der Waals surface area (Å²) in [5.41, 5.74) is 1.12. The summed E-state index contributed by atoms with van der Waals surface area (Å²) in [5, 5.41) is 28.1. The van der Waals surface area contributed by atoms with E-state index in [-0.39, 0.29) is 18.7 Å². The van der Waals surface area contributed by atoms with Gasteiger partial charge in [-0.2, -0.15) is 17.4 Å². The lowest BCUT2D eigenvalue weighted by Crippen LogP contribution is -2.47. The molecule has 4 N–H and O–H groups in total. The van der Waals surface area contributed by atoms with E-state index in [9.17, 15) is 28.5 Å². The molecule has 0 bridgehead atoms. The highest BCUT2D eigenvalue weighted by Crippen LogP contribution is 2.25. The zero-order valence-electron chi connectivity index (χ0n) is 14.0. The molecule has 140 valence electrons. The van der Waals surface area contributed by atoms with Crippen LogP contribution in [-0.2, 0) is 28.0 Å². The standard InChI is InChI=1S/C17H20N2O6S/c1-19(11-12-5-3-2-4-6-12)26(24,25)18-14(17(22)23)9-13-7-8-15(20)16(21)10-13/h2-8,10,14,18,20-21H,9,11H2,1H3,(H,22,23). The number of aromatic hydroxyl groups is 2. The van der Waals surface area contributed by atoms with Crippen molar-refractivity contribution in [2.24, 2.45) is 0 Å². The number of carboxylic acid groups (broad SMARTS) is 1. The fourth-order valence-electron chi connectivity index (χ4n) is 2.31. The van der Waals surface area contributed by atoms with E-state index in [1.807, 2.05) is 6.07 Å². The monoisotopic (exact) mass is 380 g/mol. The minimum absolute atomic E-state index is 0.0858. The number of carboxylic acids is 1. The maximum atomic E-state index is 12.4. The highest BCUT2D eigenvalue weighted by Gasteiger charge is 2.27. The predicted octanol–water partition coefficient (Wildman–Crippen LogP) is 1.06. The second kappa shape index (κ2) is 8.17. The predicted molar refractivity (Wildman–Crippen MR) is 94.9 cm³/mol. The van der Waals surface area contributed by atoms with E-state index in [0.717, 1.165) is 9.87 Å². The molecule has 0 aromatic heterocycles. The third kappa shape index (κ3) is 5.19. The molecule has 0 aliphatic carbocycles. The Morgan fingerprint density at radius 2 is 1.73 bits per heavy atom. The van der Waals surface area contributed by atoms with Gasteiger partial charge in [-0.1, -0.05) is 36.4 Å². The Balaban J connectivity index is 2.12. The number of phenols is 2. The molecule has 8 nitrogen and oxygen atoms in total. The molecule has 1 atom stereocenters. The molecule has 0 saturated carbocycles. The van der Waals surface area contributed by atoms with Gasteiger partial charge in [0.25, 0.3) is 10.2 Å². The van der Waals surface area contributed by atoms with E-state index < -0.39 is 28.0 Å².